The van der Waals surface area contributed by atoms with Gasteiger partial charge in [-0.25, -0.2) is 0 Å². The minimum absolute atomic E-state index is 0.530. The molecular formula is C17H30O. The quantitative estimate of drug-likeness (QED) is 0.713. The van der Waals surface area contributed by atoms with Gasteiger partial charge in [-0.2, -0.15) is 0 Å². The van der Waals surface area contributed by atoms with Crippen LogP contribution < -0.4 is 0 Å². The van der Waals surface area contributed by atoms with Gasteiger partial charge in [-0.3, -0.25) is 0 Å². The molecule has 104 valence electrons. The Morgan fingerprint density at radius 3 is 2.39 bits per heavy atom. The van der Waals surface area contributed by atoms with Gasteiger partial charge in [0.1, 0.15) is 0 Å². The van der Waals surface area contributed by atoms with Gasteiger partial charge in [-0.15, -0.1) is 0 Å². The van der Waals surface area contributed by atoms with Gasteiger partial charge in [-0.1, -0.05) is 43.6 Å². The Morgan fingerprint density at radius 2 is 1.94 bits per heavy atom. The van der Waals surface area contributed by atoms with E-state index >= 15 is 0 Å². The molecule has 2 atom stereocenters. The third-order valence-electron chi connectivity index (χ3n) is 4.08. The van der Waals surface area contributed by atoms with Crippen molar-refractivity contribution in [1.82, 2.24) is 0 Å². The molecule has 0 saturated heterocycles. The zero-order valence-corrected chi connectivity index (χ0v) is 12.8. The molecule has 0 spiro atoms. The lowest BCUT2D eigenvalue weighted by atomic mass is 9.80. The first-order valence-corrected chi connectivity index (χ1v) is 7.40. The number of rotatable bonds is 6. The monoisotopic (exact) mass is 250 g/mol. The number of allylic oxidation sites excluding steroid dienone is 4. The van der Waals surface area contributed by atoms with Crippen molar-refractivity contribution in [2.75, 3.05) is 0 Å². The fourth-order valence-electron chi connectivity index (χ4n) is 2.92. The average Bonchev–Trinajstić information content (AvgIpc) is 2.27. The number of aliphatic hydroxyl groups is 1. The average molecular weight is 250 g/mol. The molecule has 0 aromatic heterocycles. The van der Waals surface area contributed by atoms with Crippen LogP contribution in [0.25, 0.3) is 0 Å². The van der Waals surface area contributed by atoms with Crippen molar-refractivity contribution in [1.29, 1.82) is 0 Å². The first-order chi connectivity index (χ1) is 8.31. The lowest BCUT2D eigenvalue weighted by Gasteiger charge is -2.28. The Bertz CT molecular complexity index is 317. The molecule has 1 unspecified atom stereocenters. The Kier molecular flexibility index (Phi) is 5.65. The van der Waals surface area contributed by atoms with E-state index in [1.54, 1.807) is 5.57 Å². The summed E-state index contributed by atoms with van der Waals surface area (Å²) in [6.07, 6.45) is 10.3. The standard InChI is InChI=1S/C17H30O/c1-6-15(12-17(4,5)18)11-14(3)16-9-7-13(2)8-10-16/h7,9,14-15,18H,6,8,10-12H2,1-5H3/t14-,15?/m0/s1. The summed E-state index contributed by atoms with van der Waals surface area (Å²) in [6.45, 7) is 10.6. The van der Waals surface area contributed by atoms with Gasteiger partial charge in [0.25, 0.3) is 0 Å². The summed E-state index contributed by atoms with van der Waals surface area (Å²) >= 11 is 0. The second-order valence-corrected chi connectivity index (χ2v) is 6.68. The molecule has 18 heavy (non-hydrogen) atoms. The predicted octanol–water partition coefficient (Wildman–Crippen LogP) is 4.87. The van der Waals surface area contributed by atoms with E-state index in [1.165, 1.54) is 24.8 Å². The largest absolute Gasteiger partial charge is 0.390 e. The van der Waals surface area contributed by atoms with Crippen molar-refractivity contribution in [3.8, 4) is 0 Å². The van der Waals surface area contributed by atoms with E-state index < -0.39 is 5.60 Å². The van der Waals surface area contributed by atoms with Gasteiger partial charge in [0.2, 0.25) is 0 Å². The van der Waals surface area contributed by atoms with E-state index in [0.29, 0.717) is 11.8 Å². The van der Waals surface area contributed by atoms with Crippen LogP contribution in [0.5, 0.6) is 0 Å². The van der Waals surface area contributed by atoms with Gasteiger partial charge in [0.15, 0.2) is 0 Å². The molecule has 1 aliphatic rings. The van der Waals surface area contributed by atoms with Crippen LogP contribution in [0.4, 0.5) is 0 Å². The summed E-state index contributed by atoms with van der Waals surface area (Å²) in [5.41, 5.74) is 2.56. The maximum atomic E-state index is 9.95. The van der Waals surface area contributed by atoms with Crippen molar-refractivity contribution in [3.63, 3.8) is 0 Å². The summed E-state index contributed by atoms with van der Waals surface area (Å²) in [7, 11) is 0. The lowest BCUT2D eigenvalue weighted by molar-refractivity contribution is 0.0484. The second kappa shape index (κ2) is 6.56. The predicted molar refractivity (Wildman–Crippen MR) is 79.6 cm³/mol. The van der Waals surface area contributed by atoms with Crippen LogP contribution >= 0.6 is 0 Å². The molecule has 1 heteroatoms. The highest BCUT2D eigenvalue weighted by Gasteiger charge is 2.22. The van der Waals surface area contributed by atoms with Crippen LogP contribution in [0.2, 0.25) is 0 Å². The van der Waals surface area contributed by atoms with Crippen LogP contribution in [0.1, 0.15) is 66.7 Å². The van der Waals surface area contributed by atoms with Crippen LogP contribution in [-0.4, -0.2) is 10.7 Å². The fraction of sp³-hybridized carbons (Fsp3) is 0.765. The molecule has 0 aromatic carbocycles. The Labute approximate surface area is 113 Å². The minimum atomic E-state index is -0.530. The minimum Gasteiger partial charge on any atom is -0.390 e. The first kappa shape index (κ1) is 15.5. The Morgan fingerprint density at radius 1 is 1.28 bits per heavy atom. The molecule has 1 aliphatic carbocycles. The zero-order chi connectivity index (χ0) is 13.8. The summed E-state index contributed by atoms with van der Waals surface area (Å²) in [5.74, 6) is 1.29. The summed E-state index contributed by atoms with van der Waals surface area (Å²) in [5, 5.41) is 9.95. The summed E-state index contributed by atoms with van der Waals surface area (Å²) in [6, 6.07) is 0. The van der Waals surface area contributed by atoms with Crippen molar-refractivity contribution in [3.05, 3.63) is 23.3 Å². The van der Waals surface area contributed by atoms with Crippen molar-refractivity contribution < 1.29 is 5.11 Å². The molecule has 0 saturated carbocycles. The molecule has 1 rings (SSSR count). The SMILES string of the molecule is CCC(C[C@H](C)C1=CC=C(C)CC1)CC(C)(C)O. The van der Waals surface area contributed by atoms with Crippen molar-refractivity contribution in [2.24, 2.45) is 11.8 Å². The van der Waals surface area contributed by atoms with E-state index in [4.69, 9.17) is 0 Å². The maximum absolute atomic E-state index is 9.95. The molecule has 0 amide bonds. The number of hydrogen-bond acceptors (Lipinski definition) is 1. The van der Waals surface area contributed by atoms with Crippen LogP contribution in [0.15, 0.2) is 23.3 Å². The molecule has 0 fully saturated rings. The second-order valence-electron chi connectivity index (χ2n) is 6.68. The Balaban J connectivity index is 2.54. The van der Waals surface area contributed by atoms with Gasteiger partial charge in [0.05, 0.1) is 5.60 Å². The van der Waals surface area contributed by atoms with Crippen molar-refractivity contribution >= 4 is 0 Å². The Hall–Kier alpha value is -0.560. The molecule has 1 nitrogen and oxygen atoms in total. The smallest absolute Gasteiger partial charge is 0.0594 e. The molecule has 0 radical (unpaired) electrons. The number of hydrogen-bond donors (Lipinski definition) is 1. The van der Waals surface area contributed by atoms with Crippen LogP contribution in [-0.2, 0) is 0 Å². The van der Waals surface area contributed by atoms with E-state index in [-0.39, 0.29) is 0 Å². The van der Waals surface area contributed by atoms with Crippen LogP contribution in [0, 0.1) is 11.8 Å². The van der Waals surface area contributed by atoms with Crippen molar-refractivity contribution in [2.45, 2.75) is 72.3 Å². The molecule has 0 aromatic rings. The summed E-state index contributed by atoms with van der Waals surface area (Å²) in [4.78, 5) is 0. The third kappa shape index (κ3) is 5.39. The van der Waals surface area contributed by atoms with E-state index in [1.807, 2.05) is 13.8 Å². The molecule has 0 bridgehead atoms. The normalized spacial score (nSPS) is 20.1. The van der Waals surface area contributed by atoms with Crippen LogP contribution in [0.3, 0.4) is 0 Å². The van der Waals surface area contributed by atoms with E-state index in [9.17, 15) is 5.11 Å². The molecule has 0 aliphatic heterocycles. The highest BCUT2D eigenvalue weighted by molar-refractivity contribution is 5.24. The highest BCUT2D eigenvalue weighted by Crippen LogP contribution is 2.32. The van der Waals surface area contributed by atoms with Gasteiger partial charge in [0, 0.05) is 0 Å². The van der Waals surface area contributed by atoms with Gasteiger partial charge < -0.3 is 5.11 Å². The van der Waals surface area contributed by atoms with E-state index in [2.05, 4.69) is 32.9 Å². The lowest BCUT2D eigenvalue weighted by Crippen LogP contribution is -2.24. The molecule has 0 heterocycles. The zero-order valence-electron chi connectivity index (χ0n) is 12.8. The topological polar surface area (TPSA) is 20.2 Å². The summed E-state index contributed by atoms with van der Waals surface area (Å²) < 4.78 is 0. The third-order valence-corrected chi connectivity index (χ3v) is 4.08. The van der Waals surface area contributed by atoms with E-state index in [0.717, 1.165) is 12.8 Å². The molecular weight excluding hydrogens is 220 g/mol. The molecule has 1 N–H and O–H groups in total. The first-order valence-electron chi connectivity index (χ1n) is 7.40. The van der Waals surface area contributed by atoms with Gasteiger partial charge in [-0.05, 0) is 58.3 Å². The van der Waals surface area contributed by atoms with Gasteiger partial charge >= 0.3 is 0 Å². The highest BCUT2D eigenvalue weighted by atomic mass is 16.3. The maximum Gasteiger partial charge on any atom is 0.0594 e. The fourth-order valence-corrected chi connectivity index (χ4v) is 2.92.